The third-order valence-corrected chi connectivity index (χ3v) is 6.59. The van der Waals surface area contributed by atoms with Crippen molar-refractivity contribution in [2.24, 2.45) is 5.92 Å². The average Bonchev–Trinajstić information content (AvgIpc) is 2.71. The molecule has 9 nitrogen and oxygen atoms in total. The number of urea groups is 1. The molecule has 3 amide bonds. The van der Waals surface area contributed by atoms with Crippen LogP contribution in [0, 0.1) is 5.92 Å². The van der Waals surface area contributed by atoms with Gasteiger partial charge in [-0.05, 0) is 37.0 Å². The van der Waals surface area contributed by atoms with Crippen molar-refractivity contribution in [3.63, 3.8) is 0 Å². The van der Waals surface area contributed by atoms with Gasteiger partial charge in [0.2, 0.25) is 10.0 Å². The number of esters is 1. The number of sulfonamides is 1. The van der Waals surface area contributed by atoms with Crippen LogP contribution >= 0.6 is 11.6 Å². The summed E-state index contributed by atoms with van der Waals surface area (Å²) in [7, 11) is -3.76. The van der Waals surface area contributed by atoms with Crippen molar-refractivity contribution in [1.82, 2.24) is 14.9 Å². The molecule has 0 unspecified atom stereocenters. The molecule has 0 aromatic heterocycles. The van der Waals surface area contributed by atoms with Gasteiger partial charge in [0.1, 0.15) is 0 Å². The fourth-order valence-electron chi connectivity index (χ4n) is 2.79. The van der Waals surface area contributed by atoms with Crippen LogP contribution in [0.25, 0.3) is 0 Å². The van der Waals surface area contributed by atoms with Crippen molar-refractivity contribution in [1.29, 1.82) is 0 Å². The minimum Gasteiger partial charge on any atom is -0.452 e. The Hall–Kier alpha value is -2.17. The molecule has 30 heavy (non-hydrogen) atoms. The summed E-state index contributed by atoms with van der Waals surface area (Å²) in [6, 6.07) is 3.07. The Morgan fingerprint density at radius 1 is 1.17 bits per heavy atom. The summed E-state index contributed by atoms with van der Waals surface area (Å²) in [4.78, 5) is 35.6. The van der Waals surface area contributed by atoms with Crippen LogP contribution in [0.4, 0.5) is 4.79 Å². The molecule has 0 radical (unpaired) electrons. The van der Waals surface area contributed by atoms with Crippen LogP contribution < -0.4 is 10.6 Å². The zero-order valence-corrected chi connectivity index (χ0v) is 18.5. The molecule has 1 heterocycles. The summed E-state index contributed by atoms with van der Waals surface area (Å²) in [5.74, 6) is -1.58. The van der Waals surface area contributed by atoms with Gasteiger partial charge in [-0.25, -0.2) is 18.0 Å². The summed E-state index contributed by atoms with van der Waals surface area (Å²) in [6.07, 6.45) is 2.53. The molecule has 11 heteroatoms. The predicted molar refractivity (Wildman–Crippen MR) is 111 cm³/mol. The molecule has 166 valence electrons. The largest absolute Gasteiger partial charge is 0.452 e. The molecule has 0 atom stereocenters. The van der Waals surface area contributed by atoms with E-state index in [1.54, 1.807) is 0 Å². The monoisotopic (exact) mass is 459 g/mol. The highest BCUT2D eigenvalue weighted by molar-refractivity contribution is 7.89. The Bertz CT molecular complexity index is 898. The maximum atomic E-state index is 12.8. The molecular weight excluding hydrogens is 434 g/mol. The van der Waals surface area contributed by atoms with Gasteiger partial charge in [-0.2, -0.15) is 4.31 Å². The second-order valence-corrected chi connectivity index (χ2v) is 9.68. The molecule has 1 aromatic carbocycles. The number of ether oxygens (including phenoxy) is 1. The van der Waals surface area contributed by atoms with Crippen molar-refractivity contribution >= 4 is 39.5 Å². The Balaban J connectivity index is 2.01. The van der Waals surface area contributed by atoms with Crippen LogP contribution in [0.3, 0.4) is 0 Å². The van der Waals surface area contributed by atoms with E-state index in [0.717, 1.165) is 25.3 Å². The standard InChI is InChI=1S/C19H26ClN3O6S/c1-13(2)11-21-19(26)22-17(24)12-29-18(25)15-10-14(6-7-16(15)20)30(27,28)23-8-4-3-5-9-23/h6-7,10,13H,3-5,8-9,11-12H2,1-2H3,(H2,21,22,24,26). The summed E-state index contributed by atoms with van der Waals surface area (Å²) in [5.41, 5.74) is -0.174. The van der Waals surface area contributed by atoms with Crippen LogP contribution in [-0.4, -0.2) is 56.9 Å². The minimum absolute atomic E-state index is 0.00678. The molecule has 0 spiro atoms. The van der Waals surface area contributed by atoms with Gasteiger partial charge in [-0.3, -0.25) is 10.1 Å². The highest BCUT2D eigenvalue weighted by Crippen LogP contribution is 2.25. The summed E-state index contributed by atoms with van der Waals surface area (Å²) in [5, 5.41) is 4.52. The molecule has 0 bridgehead atoms. The Morgan fingerprint density at radius 3 is 2.47 bits per heavy atom. The third-order valence-electron chi connectivity index (χ3n) is 4.37. The number of carbonyl (C=O) groups is 3. The van der Waals surface area contributed by atoms with E-state index in [1.165, 1.54) is 16.4 Å². The quantitative estimate of drug-likeness (QED) is 0.602. The number of hydrogen-bond acceptors (Lipinski definition) is 6. The number of hydrogen-bond donors (Lipinski definition) is 2. The van der Waals surface area contributed by atoms with E-state index in [0.29, 0.717) is 19.6 Å². The Morgan fingerprint density at radius 2 is 1.83 bits per heavy atom. The van der Waals surface area contributed by atoms with Crippen LogP contribution in [0.5, 0.6) is 0 Å². The van der Waals surface area contributed by atoms with E-state index in [-0.39, 0.29) is 21.4 Å². The van der Waals surface area contributed by atoms with Crippen LogP contribution in [0.2, 0.25) is 5.02 Å². The number of nitrogens with one attached hydrogen (secondary N) is 2. The lowest BCUT2D eigenvalue weighted by Crippen LogP contribution is -2.42. The fraction of sp³-hybridized carbons (Fsp3) is 0.526. The second kappa shape index (κ2) is 10.7. The maximum absolute atomic E-state index is 12.8. The summed E-state index contributed by atoms with van der Waals surface area (Å²) in [6.45, 7) is 4.30. The number of imide groups is 1. The Kier molecular flexibility index (Phi) is 8.63. The molecule has 2 N–H and O–H groups in total. The van der Waals surface area contributed by atoms with Gasteiger partial charge in [-0.15, -0.1) is 0 Å². The molecule has 1 aliphatic heterocycles. The number of rotatable bonds is 7. The third kappa shape index (κ3) is 6.68. The van der Waals surface area contributed by atoms with Crippen molar-refractivity contribution < 1.29 is 27.5 Å². The minimum atomic E-state index is -3.76. The van der Waals surface area contributed by atoms with Crippen molar-refractivity contribution in [2.45, 2.75) is 38.0 Å². The van der Waals surface area contributed by atoms with Crippen molar-refractivity contribution in [3.8, 4) is 0 Å². The van der Waals surface area contributed by atoms with E-state index in [4.69, 9.17) is 16.3 Å². The van der Waals surface area contributed by atoms with Gasteiger partial charge in [0, 0.05) is 19.6 Å². The van der Waals surface area contributed by atoms with E-state index >= 15 is 0 Å². The number of nitrogens with zero attached hydrogens (tertiary/aromatic N) is 1. The molecular formula is C19H26ClN3O6S. The van der Waals surface area contributed by atoms with E-state index in [2.05, 4.69) is 5.32 Å². The first-order valence-corrected chi connectivity index (χ1v) is 11.5. The van der Waals surface area contributed by atoms with Gasteiger partial charge >= 0.3 is 12.0 Å². The number of benzene rings is 1. The lowest BCUT2D eigenvalue weighted by molar-refractivity contribution is -0.123. The first kappa shape index (κ1) is 24.1. The van der Waals surface area contributed by atoms with Crippen molar-refractivity contribution in [2.75, 3.05) is 26.2 Å². The first-order chi connectivity index (χ1) is 14.1. The normalized spacial score (nSPS) is 14.9. The molecule has 1 saturated heterocycles. The second-order valence-electron chi connectivity index (χ2n) is 7.33. The van der Waals surface area contributed by atoms with Gasteiger partial charge < -0.3 is 10.1 Å². The van der Waals surface area contributed by atoms with Gasteiger partial charge in [0.25, 0.3) is 5.91 Å². The van der Waals surface area contributed by atoms with Crippen LogP contribution in [-0.2, 0) is 19.6 Å². The SMILES string of the molecule is CC(C)CNC(=O)NC(=O)COC(=O)c1cc(S(=O)(=O)N2CCCCC2)ccc1Cl. The smallest absolute Gasteiger partial charge is 0.340 e. The van der Waals surface area contributed by atoms with E-state index < -0.39 is 34.5 Å². The first-order valence-electron chi connectivity index (χ1n) is 9.65. The highest BCUT2D eigenvalue weighted by atomic mass is 35.5. The zero-order chi connectivity index (χ0) is 22.3. The molecule has 1 aromatic rings. The molecule has 0 aliphatic carbocycles. The van der Waals surface area contributed by atoms with Crippen LogP contribution in [0.15, 0.2) is 23.1 Å². The van der Waals surface area contributed by atoms with Gasteiger partial charge in [-0.1, -0.05) is 31.9 Å². The van der Waals surface area contributed by atoms with E-state index in [1.807, 2.05) is 19.2 Å². The summed E-state index contributed by atoms with van der Waals surface area (Å²) < 4.78 is 31.8. The summed E-state index contributed by atoms with van der Waals surface area (Å²) >= 11 is 6.02. The fourth-order valence-corrected chi connectivity index (χ4v) is 4.53. The topological polar surface area (TPSA) is 122 Å². The highest BCUT2D eigenvalue weighted by Gasteiger charge is 2.27. The lowest BCUT2D eigenvalue weighted by Gasteiger charge is -2.26. The zero-order valence-electron chi connectivity index (χ0n) is 16.9. The Labute approximate surface area is 181 Å². The number of halogens is 1. The van der Waals surface area contributed by atoms with Crippen LogP contribution in [0.1, 0.15) is 43.5 Å². The predicted octanol–water partition coefficient (Wildman–Crippen LogP) is 2.15. The van der Waals surface area contributed by atoms with Gasteiger partial charge in [0.15, 0.2) is 6.61 Å². The lowest BCUT2D eigenvalue weighted by atomic mass is 10.2. The number of carbonyl (C=O) groups excluding carboxylic acids is 3. The van der Waals surface area contributed by atoms with Gasteiger partial charge in [0.05, 0.1) is 15.5 Å². The maximum Gasteiger partial charge on any atom is 0.340 e. The molecule has 0 saturated carbocycles. The van der Waals surface area contributed by atoms with Crippen molar-refractivity contribution in [3.05, 3.63) is 28.8 Å². The molecule has 1 fully saturated rings. The van der Waals surface area contributed by atoms with E-state index in [9.17, 15) is 22.8 Å². The molecule has 2 rings (SSSR count). The number of piperidine rings is 1. The number of amides is 3. The molecule has 1 aliphatic rings. The average molecular weight is 460 g/mol.